The van der Waals surface area contributed by atoms with Crippen LogP contribution in [0, 0.1) is 0 Å². The summed E-state index contributed by atoms with van der Waals surface area (Å²) < 4.78 is 5.71. The van der Waals surface area contributed by atoms with Crippen LogP contribution < -0.4 is 0 Å². The van der Waals surface area contributed by atoms with Gasteiger partial charge in [-0.25, -0.2) is 0 Å². The van der Waals surface area contributed by atoms with Gasteiger partial charge in [-0.2, -0.15) is 0 Å². The Bertz CT molecular complexity index is 653. The van der Waals surface area contributed by atoms with Crippen molar-refractivity contribution in [1.82, 2.24) is 4.90 Å². The molecule has 0 spiro atoms. The standard InChI is InChI=1S/C16H17NO4/c1-10(14-8-11-4-2-3-5-13(11)21-14)16(20)17(9-15(18)19)12-6-7-12/h2-5,8,10,12H,6-7,9H2,1H3,(H,18,19). The lowest BCUT2D eigenvalue weighted by Gasteiger charge is -2.23. The molecule has 1 aromatic heterocycles. The van der Waals surface area contributed by atoms with Crippen LogP contribution in [-0.2, 0) is 9.59 Å². The Kier molecular flexibility index (Phi) is 3.41. The Labute approximate surface area is 122 Å². The van der Waals surface area contributed by atoms with Crippen molar-refractivity contribution in [2.24, 2.45) is 0 Å². The maximum atomic E-state index is 12.5. The van der Waals surface area contributed by atoms with Crippen molar-refractivity contribution < 1.29 is 19.1 Å². The lowest BCUT2D eigenvalue weighted by molar-refractivity contribution is -0.145. The normalized spacial score (nSPS) is 15.9. The van der Waals surface area contributed by atoms with Crippen LogP contribution in [0.4, 0.5) is 0 Å². The Morgan fingerprint density at radius 2 is 2.10 bits per heavy atom. The summed E-state index contributed by atoms with van der Waals surface area (Å²) in [5.41, 5.74) is 0.739. The van der Waals surface area contributed by atoms with Gasteiger partial charge in [-0.05, 0) is 31.9 Å². The number of carbonyl (C=O) groups is 2. The molecule has 0 radical (unpaired) electrons. The summed E-state index contributed by atoms with van der Waals surface area (Å²) in [6.07, 6.45) is 1.76. The number of para-hydroxylation sites is 1. The number of hydrogen-bond donors (Lipinski definition) is 1. The van der Waals surface area contributed by atoms with E-state index in [9.17, 15) is 9.59 Å². The number of amides is 1. The zero-order valence-corrected chi connectivity index (χ0v) is 11.8. The van der Waals surface area contributed by atoms with Gasteiger partial charge < -0.3 is 14.4 Å². The lowest BCUT2D eigenvalue weighted by atomic mass is 10.1. The number of nitrogens with zero attached hydrogens (tertiary/aromatic N) is 1. The van der Waals surface area contributed by atoms with Crippen molar-refractivity contribution in [3.8, 4) is 0 Å². The van der Waals surface area contributed by atoms with Gasteiger partial charge in [-0.15, -0.1) is 0 Å². The highest BCUT2D eigenvalue weighted by Crippen LogP contribution is 2.31. The number of rotatable bonds is 5. The molecule has 1 aromatic carbocycles. The second-order valence-electron chi connectivity index (χ2n) is 5.50. The summed E-state index contributed by atoms with van der Waals surface area (Å²) in [5, 5.41) is 9.91. The molecule has 0 bridgehead atoms. The third-order valence-corrected chi connectivity index (χ3v) is 3.82. The summed E-state index contributed by atoms with van der Waals surface area (Å²) in [5.74, 6) is -1.05. The quantitative estimate of drug-likeness (QED) is 0.917. The molecule has 1 fully saturated rings. The Hall–Kier alpha value is -2.30. The molecule has 1 aliphatic rings. The van der Waals surface area contributed by atoms with E-state index in [2.05, 4.69) is 0 Å². The fraction of sp³-hybridized carbons (Fsp3) is 0.375. The Morgan fingerprint density at radius 3 is 2.71 bits per heavy atom. The van der Waals surface area contributed by atoms with Crippen molar-refractivity contribution in [2.75, 3.05) is 6.54 Å². The summed E-state index contributed by atoms with van der Waals surface area (Å²) in [6, 6.07) is 9.49. The summed E-state index contributed by atoms with van der Waals surface area (Å²) in [6.45, 7) is 1.52. The molecule has 1 amide bonds. The van der Waals surface area contributed by atoms with Gasteiger partial charge in [0.2, 0.25) is 5.91 Å². The number of fused-ring (bicyclic) bond motifs is 1. The predicted octanol–water partition coefficient (Wildman–Crippen LogP) is 2.61. The first-order valence-electron chi connectivity index (χ1n) is 7.07. The van der Waals surface area contributed by atoms with Crippen LogP contribution >= 0.6 is 0 Å². The van der Waals surface area contributed by atoms with Crippen LogP contribution in [0.5, 0.6) is 0 Å². The molecule has 0 saturated heterocycles. The number of aliphatic carboxylic acids is 1. The zero-order valence-electron chi connectivity index (χ0n) is 11.8. The second-order valence-corrected chi connectivity index (χ2v) is 5.50. The molecule has 5 heteroatoms. The SMILES string of the molecule is CC(C(=O)N(CC(=O)O)C1CC1)c1cc2ccccc2o1. The molecule has 1 N–H and O–H groups in total. The van der Waals surface area contributed by atoms with Gasteiger partial charge >= 0.3 is 5.97 Å². The molecule has 21 heavy (non-hydrogen) atoms. The molecule has 1 saturated carbocycles. The van der Waals surface area contributed by atoms with Crippen LogP contribution in [0.25, 0.3) is 11.0 Å². The molecule has 1 heterocycles. The second kappa shape index (κ2) is 5.24. The fourth-order valence-electron chi connectivity index (χ4n) is 2.51. The molecular formula is C16H17NO4. The number of hydrogen-bond acceptors (Lipinski definition) is 3. The van der Waals surface area contributed by atoms with Gasteiger partial charge in [0.25, 0.3) is 0 Å². The van der Waals surface area contributed by atoms with Gasteiger partial charge in [0.15, 0.2) is 0 Å². The van der Waals surface area contributed by atoms with Crippen LogP contribution in [-0.4, -0.2) is 34.5 Å². The molecule has 1 aliphatic carbocycles. The first-order chi connectivity index (χ1) is 10.1. The zero-order chi connectivity index (χ0) is 15.0. The average molecular weight is 287 g/mol. The lowest BCUT2D eigenvalue weighted by Crippen LogP contribution is -2.39. The van der Waals surface area contributed by atoms with Crippen molar-refractivity contribution in [2.45, 2.75) is 31.7 Å². The number of furan rings is 1. The molecule has 2 aromatic rings. The van der Waals surface area contributed by atoms with Crippen LogP contribution in [0.15, 0.2) is 34.7 Å². The third-order valence-electron chi connectivity index (χ3n) is 3.82. The monoisotopic (exact) mass is 287 g/mol. The van der Waals surface area contributed by atoms with E-state index in [1.165, 1.54) is 4.90 Å². The van der Waals surface area contributed by atoms with Crippen molar-refractivity contribution in [1.29, 1.82) is 0 Å². The number of carbonyl (C=O) groups excluding carboxylic acids is 1. The van der Waals surface area contributed by atoms with Crippen LogP contribution in [0.3, 0.4) is 0 Å². The fourth-order valence-corrected chi connectivity index (χ4v) is 2.51. The van der Waals surface area contributed by atoms with Crippen molar-refractivity contribution >= 4 is 22.8 Å². The van der Waals surface area contributed by atoms with Crippen LogP contribution in [0.1, 0.15) is 31.4 Å². The molecular weight excluding hydrogens is 270 g/mol. The highest BCUT2D eigenvalue weighted by molar-refractivity contribution is 5.88. The minimum Gasteiger partial charge on any atom is -0.480 e. The maximum Gasteiger partial charge on any atom is 0.323 e. The molecule has 3 rings (SSSR count). The van der Waals surface area contributed by atoms with E-state index in [4.69, 9.17) is 9.52 Å². The minimum absolute atomic E-state index is 0.0698. The van der Waals surface area contributed by atoms with Crippen LogP contribution in [0.2, 0.25) is 0 Å². The number of carboxylic acids is 1. The third kappa shape index (κ3) is 2.77. The highest BCUT2D eigenvalue weighted by atomic mass is 16.4. The largest absolute Gasteiger partial charge is 0.480 e. The first-order valence-corrected chi connectivity index (χ1v) is 7.07. The van der Waals surface area contributed by atoms with E-state index in [-0.39, 0.29) is 18.5 Å². The van der Waals surface area contributed by atoms with E-state index in [0.717, 1.165) is 23.8 Å². The number of carboxylic acid groups (broad SMARTS) is 1. The minimum atomic E-state index is -0.980. The molecule has 1 unspecified atom stereocenters. The Morgan fingerprint density at radius 1 is 1.38 bits per heavy atom. The van der Waals surface area contributed by atoms with Gasteiger partial charge in [0.05, 0.1) is 5.92 Å². The van der Waals surface area contributed by atoms with Crippen molar-refractivity contribution in [3.05, 3.63) is 36.1 Å². The summed E-state index contributed by atoms with van der Waals surface area (Å²) in [4.78, 5) is 24.9. The predicted molar refractivity (Wildman–Crippen MR) is 77.0 cm³/mol. The average Bonchev–Trinajstić information content (AvgIpc) is 3.21. The number of benzene rings is 1. The van der Waals surface area contributed by atoms with Gasteiger partial charge in [-0.3, -0.25) is 9.59 Å². The molecule has 1 atom stereocenters. The van der Waals surface area contributed by atoms with Crippen molar-refractivity contribution in [3.63, 3.8) is 0 Å². The summed E-state index contributed by atoms with van der Waals surface area (Å²) >= 11 is 0. The van der Waals surface area contributed by atoms with E-state index < -0.39 is 11.9 Å². The summed E-state index contributed by atoms with van der Waals surface area (Å²) in [7, 11) is 0. The van der Waals surface area contributed by atoms with E-state index in [1.807, 2.05) is 30.3 Å². The molecule has 5 nitrogen and oxygen atoms in total. The Balaban J connectivity index is 1.83. The van der Waals surface area contributed by atoms with Gasteiger partial charge in [0.1, 0.15) is 17.9 Å². The van der Waals surface area contributed by atoms with Gasteiger partial charge in [-0.1, -0.05) is 18.2 Å². The first kappa shape index (κ1) is 13.7. The highest BCUT2D eigenvalue weighted by Gasteiger charge is 2.36. The van der Waals surface area contributed by atoms with E-state index in [0.29, 0.717) is 5.76 Å². The topological polar surface area (TPSA) is 70.8 Å². The molecule has 110 valence electrons. The van der Waals surface area contributed by atoms with E-state index >= 15 is 0 Å². The van der Waals surface area contributed by atoms with E-state index in [1.54, 1.807) is 6.92 Å². The van der Waals surface area contributed by atoms with Gasteiger partial charge in [0, 0.05) is 11.4 Å². The maximum absolute atomic E-state index is 12.5. The smallest absolute Gasteiger partial charge is 0.323 e. The molecule has 0 aliphatic heterocycles.